The molecular formula is C12H13Cl2N5O. The summed E-state index contributed by atoms with van der Waals surface area (Å²) in [6.45, 7) is 4.32. The number of anilines is 1. The van der Waals surface area contributed by atoms with Crippen molar-refractivity contribution in [2.45, 2.75) is 26.5 Å². The molecule has 2 aromatic heterocycles. The van der Waals surface area contributed by atoms with Gasteiger partial charge in [0.05, 0.1) is 6.10 Å². The van der Waals surface area contributed by atoms with Gasteiger partial charge in [-0.25, -0.2) is 4.98 Å². The number of nitrogens with one attached hydrogen (secondary N) is 1. The van der Waals surface area contributed by atoms with Gasteiger partial charge in [0.2, 0.25) is 11.2 Å². The van der Waals surface area contributed by atoms with E-state index in [1.807, 2.05) is 26.0 Å². The van der Waals surface area contributed by atoms with Crippen LogP contribution in [0.5, 0.6) is 5.88 Å². The topological polar surface area (TPSA) is 72.8 Å². The van der Waals surface area contributed by atoms with E-state index in [2.05, 4.69) is 25.5 Å². The molecule has 0 unspecified atom stereocenters. The van der Waals surface area contributed by atoms with Crippen molar-refractivity contribution in [3.63, 3.8) is 0 Å². The van der Waals surface area contributed by atoms with Crippen LogP contribution in [-0.4, -0.2) is 26.3 Å². The molecule has 6 nitrogen and oxygen atoms in total. The molecule has 20 heavy (non-hydrogen) atoms. The van der Waals surface area contributed by atoms with Gasteiger partial charge in [0, 0.05) is 18.3 Å². The first kappa shape index (κ1) is 14.7. The minimum Gasteiger partial charge on any atom is -0.475 e. The van der Waals surface area contributed by atoms with Gasteiger partial charge in [0.15, 0.2) is 11.0 Å². The lowest BCUT2D eigenvalue weighted by molar-refractivity contribution is 0.230. The normalized spacial score (nSPS) is 10.7. The Morgan fingerprint density at radius 3 is 2.85 bits per heavy atom. The van der Waals surface area contributed by atoms with E-state index in [0.29, 0.717) is 18.2 Å². The monoisotopic (exact) mass is 313 g/mol. The molecule has 0 aliphatic heterocycles. The maximum absolute atomic E-state index is 5.88. The third kappa shape index (κ3) is 3.91. The lowest BCUT2D eigenvalue weighted by Crippen LogP contribution is -2.11. The van der Waals surface area contributed by atoms with Crippen LogP contribution in [0.25, 0.3) is 0 Å². The summed E-state index contributed by atoms with van der Waals surface area (Å²) < 4.78 is 5.63. The summed E-state index contributed by atoms with van der Waals surface area (Å²) in [5.74, 6) is 0.935. The highest BCUT2D eigenvalue weighted by Gasteiger charge is 2.09. The molecule has 0 amide bonds. The van der Waals surface area contributed by atoms with Crippen LogP contribution in [0.4, 0.5) is 5.82 Å². The van der Waals surface area contributed by atoms with Crippen molar-refractivity contribution in [3.05, 3.63) is 34.3 Å². The quantitative estimate of drug-likeness (QED) is 0.914. The molecule has 2 aromatic rings. The van der Waals surface area contributed by atoms with Crippen LogP contribution in [0.1, 0.15) is 19.4 Å². The zero-order valence-corrected chi connectivity index (χ0v) is 12.5. The molecule has 1 N–H and O–H groups in total. The molecule has 0 bridgehead atoms. The van der Waals surface area contributed by atoms with E-state index < -0.39 is 0 Å². The summed E-state index contributed by atoms with van der Waals surface area (Å²) in [6, 6.07) is 3.73. The minimum atomic E-state index is 0.0294. The van der Waals surface area contributed by atoms with Crippen LogP contribution in [0.2, 0.25) is 10.4 Å². The van der Waals surface area contributed by atoms with Crippen molar-refractivity contribution >= 4 is 29.0 Å². The smallest absolute Gasteiger partial charge is 0.245 e. The van der Waals surface area contributed by atoms with Gasteiger partial charge in [-0.05, 0) is 31.5 Å². The second-order valence-electron chi connectivity index (χ2n) is 4.21. The molecule has 2 rings (SSSR count). The van der Waals surface area contributed by atoms with E-state index in [0.717, 1.165) is 5.56 Å². The lowest BCUT2D eigenvalue weighted by atomic mass is 10.2. The Hall–Kier alpha value is -1.66. The predicted molar refractivity (Wildman–Crippen MR) is 77.2 cm³/mol. The standard InChI is InChI=1S/C12H13Cl2N5O/c1-7(2)20-11-8(4-3-5-15-11)6-16-10-9(13)18-19-12(14)17-10/h3-5,7H,6H2,1-2H3,(H,16,17,19). The van der Waals surface area contributed by atoms with Crippen LogP contribution in [0.15, 0.2) is 18.3 Å². The van der Waals surface area contributed by atoms with Gasteiger partial charge in [0.25, 0.3) is 0 Å². The van der Waals surface area contributed by atoms with Crippen molar-refractivity contribution in [1.82, 2.24) is 20.2 Å². The Bertz CT molecular complexity index is 594. The largest absolute Gasteiger partial charge is 0.475 e. The fraction of sp³-hybridized carbons (Fsp3) is 0.333. The lowest BCUT2D eigenvalue weighted by Gasteiger charge is -2.13. The van der Waals surface area contributed by atoms with E-state index in [4.69, 9.17) is 27.9 Å². The van der Waals surface area contributed by atoms with Crippen LogP contribution in [0, 0.1) is 0 Å². The summed E-state index contributed by atoms with van der Waals surface area (Å²) in [7, 11) is 0. The average Bonchev–Trinajstić information content (AvgIpc) is 2.41. The summed E-state index contributed by atoms with van der Waals surface area (Å²) in [5, 5.41) is 10.4. The van der Waals surface area contributed by atoms with E-state index >= 15 is 0 Å². The van der Waals surface area contributed by atoms with Crippen molar-refractivity contribution in [2.75, 3.05) is 5.32 Å². The van der Waals surface area contributed by atoms with E-state index in [9.17, 15) is 0 Å². The Morgan fingerprint density at radius 1 is 1.30 bits per heavy atom. The Labute approximate surface area is 126 Å². The van der Waals surface area contributed by atoms with Crippen LogP contribution in [0.3, 0.4) is 0 Å². The molecule has 8 heteroatoms. The zero-order valence-electron chi connectivity index (χ0n) is 11.0. The molecule has 106 valence electrons. The third-order valence-corrected chi connectivity index (χ3v) is 2.68. The van der Waals surface area contributed by atoms with Crippen LogP contribution >= 0.6 is 23.2 Å². The number of pyridine rings is 1. The highest BCUT2D eigenvalue weighted by molar-refractivity contribution is 6.32. The zero-order chi connectivity index (χ0) is 14.5. The molecule has 0 radical (unpaired) electrons. The van der Waals surface area contributed by atoms with Crippen molar-refractivity contribution < 1.29 is 4.74 Å². The minimum absolute atomic E-state index is 0.0294. The van der Waals surface area contributed by atoms with Crippen molar-refractivity contribution in [3.8, 4) is 5.88 Å². The molecule has 0 spiro atoms. The van der Waals surface area contributed by atoms with Crippen LogP contribution in [-0.2, 0) is 6.54 Å². The van der Waals surface area contributed by atoms with E-state index in [-0.39, 0.29) is 16.5 Å². The Balaban J connectivity index is 2.12. The Kier molecular flexibility index (Phi) is 4.92. The van der Waals surface area contributed by atoms with Gasteiger partial charge >= 0.3 is 0 Å². The first-order valence-electron chi connectivity index (χ1n) is 5.96. The van der Waals surface area contributed by atoms with Gasteiger partial charge in [0.1, 0.15) is 0 Å². The Morgan fingerprint density at radius 2 is 2.10 bits per heavy atom. The number of hydrogen-bond acceptors (Lipinski definition) is 6. The summed E-state index contributed by atoms with van der Waals surface area (Å²) in [5.41, 5.74) is 0.881. The SMILES string of the molecule is CC(C)Oc1ncccc1CNc1nc(Cl)nnc1Cl. The molecule has 0 saturated heterocycles. The number of rotatable bonds is 5. The summed E-state index contributed by atoms with van der Waals surface area (Å²) in [6.07, 6.45) is 1.72. The molecule has 0 fully saturated rings. The van der Waals surface area contributed by atoms with Gasteiger partial charge in [-0.3, -0.25) is 0 Å². The van der Waals surface area contributed by atoms with E-state index in [1.165, 1.54) is 0 Å². The van der Waals surface area contributed by atoms with Gasteiger partial charge < -0.3 is 10.1 Å². The molecule has 0 aliphatic rings. The van der Waals surface area contributed by atoms with Crippen LogP contribution < -0.4 is 10.1 Å². The number of nitrogens with zero attached hydrogens (tertiary/aromatic N) is 4. The highest BCUT2D eigenvalue weighted by Crippen LogP contribution is 2.20. The maximum atomic E-state index is 5.88. The summed E-state index contributed by atoms with van der Waals surface area (Å²) in [4.78, 5) is 8.17. The van der Waals surface area contributed by atoms with E-state index in [1.54, 1.807) is 6.20 Å². The number of halogens is 2. The molecule has 2 heterocycles. The van der Waals surface area contributed by atoms with Crippen molar-refractivity contribution in [2.24, 2.45) is 0 Å². The first-order chi connectivity index (χ1) is 9.56. The second kappa shape index (κ2) is 6.67. The fourth-order valence-electron chi connectivity index (χ4n) is 1.47. The molecule has 0 aromatic carbocycles. The number of hydrogen-bond donors (Lipinski definition) is 1. The summed E-state index contributed by atoms with van der Waals surface area (Å²) >= 11 is 11.6. The van der Waals surface area contributed by atoms with Crippen molar-refractivity contribution in [1.29, 1.82) is 0 Å². The molecule has 0 atom stereocenters. The number of aromatic nitrogens is 4. The first-order valence-corrected chi connectivity index (χ1v) is 6.72. The average molecular weight is 314 g/mol. The van der Waals surface area contributed by atoms with Gasteiger partial charge in [-0.2, -0.15) is 4.98 Å². The maximum Gasteiger partial charge on any atom is 0.245 e. The van der Waals surface area contributed by atoms with Gasteiger partial charge in [-0.15, -0.1) is 10.2 Å². The fourth-order valence-corrected chi connectivity index (χ4v) is 1.74. The third-order valence-electron chi connectivity index (χ3n) is 2.26. The second-order valence-corrected chi connectivity index (χ2v) is 4.90. The molecule has 0 saturated carbocycles. The number of ether oxygens (including phenoxy) is 1. The molecule has 0 aliphatic carbocycles. The molecular weight excluding hydrogens is 301 g/mol. The predicted octanol–water partition coefficient (Wildman–Crippen LogP) is 2.97. The van der Waals surface area contributed by atoms with Gasteiger partial charge in [-0.1, -0.05) is 17.7 Å². The highest BCUT2D eigenvalue weighted by atomic mass is 35.5.